The van der Waals surface area contributed by atoms with Crippen LogP contribution in [0.1, 0.15) is 19.5 Å². The van der Waals surface area contributed by atoms with Gasteiger partial charge in [0.25, 0.3) is 5.56 Å². The number of pyridine rings is 1. The first-order chi connectivity index (χ1) is 13.3. The highest BCUT2D eigenvalue weighted by Gasteiger charge is 2.21. The molecule has 2 heterocycles. The molecule has 0 saturated heterocycles. The molecular weight excluding hydrogens is 400 g/mol. The number of fused-ring (bicyclic) bond motifs is 1. The van der Waals surface area contributed by atoms with Crippen LogP contribution in [-0.4, -0.2) is 35.2 Å². The van der Waals surface area contributed by atoms with Gasteiger partial charge in [0.15, 0.2) is 0 Å². The maximum atomic E-state index is 12.5. The van der Waals surface area contributed by atoms with E-state index in [0.717, 1.165) is 5.69 Å². The van der Waals surface area contributed by atoms with Crippen molar-refractivity contribution in [2.45, 2.75) is 25.3 Å². The fraction of sp³-hybridized carbons (Fsp3) is 0.263. The normalized spacial score (nSPS) is 11.9. The van der Waals surface area contributed by atoms with E-state index in [-0.39, 0.29) is 10.5 Å². The van der Waals surface area contributed by atoms with Crippen molar-refractivity contribution in [3.63, 3.8) is 0 Å². The highest BCUT2D eigenvalue weighted by Crippen LogP contribution is 2.18. The third-order valence-corrected chi connectivity index (χ3v) is 6.64. The predicted octanol–water partition coefficient (Wildman–Crippen LogP) is 2.99. The molecule has 7 nitrogen and oxygen atoms in total. The van der Waals surface area contributed by atoms with Gasteiger partial charge in [-0.3, -0.25) is 9.20 Å². The van der Waals surface area contributed by atoms with E-state index in [9.17, 15) is 13.2 Å². The van der Waals surface area contributed by atoms with Crippen molar-refractivity contribution in [1.82, 2.24) is 13.7 Å². The van der Waals surface area contributed by atoms with E-state index < -0.39 is 10.0 Å². The van der Waals surface area contributed by atoms with Gasteiger partial charge in [-0.05, 0) is 36.4 Å². The second-order valence-corrected chi connectivity index (χ2v) is 8.50. The van der Waals surface area contributed by atoms with Crippen LogP contribution in [0.2, 0.25) is 5.02 Å². The summed E-state index contributed by atoms with van der Waals surface area (Å²) in [5.74, 6) is 0. The van der Waals surface area contributed by atoms with Crippen LogP contribution in [0.3, 0.4) is 0 Å². The van der Waals surface area contributed by atoms with Gasteiger partial charge in [-0.25, -0.2) is 13.4 Å². The molecule has 28 heavy (non-hydrogen) atoms. The lowest BCUT2D eigenvalue weighted by Crippen LogP contribution is -2.30. The van der Waals surface area contributed by atoms with Gasteiger partial charge in [0.05, 0.1) is 22.2 Å². The Morgan fingerprint density at radius 1 is 1.11 bits per heavy atom. The van der Waals surface area contributed by atoms with Crippen molar-refractivity contribution in [3.8, 4) is 0 Å². The van der Waals surface area contributed by atoms with Crippen molar-refractivity contribution in [3.05, 3.63) is 69.7 Å². The average Bonchev–Trinajstić information content (AvgIpc) is 2.68. The van der Waals surface area contributed by atoms with Gasteiger partial charge in [-0.15, -0.1) is 0 Å². The molecule has 0 bridgehead atoms. The summed E-state index contributed by atoms with van der Waals surface area (Å²) in [4.78, 5) is 16.9. The molecule has 9 heteroatoms. The molecule has 0 amide bonds. The summed E-state index contributed by atoms with van der Waals surface area (Å²) in [5, 5.41) is 3.62. The first-order valence-corrected chi connectivity index (χ1v) is 10.7. The number of hydrogen-bond donors (Lipinski definition) is 1. The zero-order valence-electron chi connectivity index (χ0n) is 15.6. The maximum absolute atomic E-state index is 12.5. The molecule has 0 fully saturated rings. The lowest BCUT2D eigenvalue weighted by atomic mass is 10.3. The Morgan fingerprint density at radius 2 is 1.79 bits per heavy atom. The molecule has 0 atom stereocenters. The minimum absolute atomic E-state index is 0.218. The predicted molar refractivity (Wildman–Crippen MR) is 110 cm³/mol. The molecule has 0 aliphatic carbocycles. The Morgan fingerprint density at radius 3 is 2.43 bits per heavy atom. The highest BCUT2D eigenvalue weighted by molar-refractivity contribution is 7.89. The lowest BCUT2D eigenvalue weighted by Gasteiger charge is -2.18. The minimum atomic E-state index is -3.48. The van der Waals surface area contributed by atoms with E-state index in [2.05, 4.69) is 10.3 Å². The molecule has 1 N–H and O–H groups in total. The first kappa shape index (κ1) is 20.3. The zero-order valence-corrected chi connectivity index (χ0v) is 17.2. The third kappa shape index (κ3) is 4.19. The molecular formula is C19H21ClN4O3S. The van der Waals surface area contributed by atoms with Crippen LogP contribution < -0.4 is 10.9 Å². The van der Waals surface area contributed by atoms with E-state index in [4.69, 9.17) is 11.6 Å². The number of hydrogen-bond acceptors (Lipinski definition) is 5. The average molecular weight is 421 g/mol. The van der Waals surface area contributed by atoms with E-state index >= 15 is 0 Å². The smallest absolute Gasteiger partial charge is 0.258 e. The summed E-state index contributed by atoms with van der Waals surface area (Å²) >= 11 is 5.91. The van der Waals surface area contributed by atoms with E-state index in [1.807, 2.05) is 13.8 Å². The molecule has 0 saturated carbocycles. The van der Waals surface area contributed by atoms with E-state index in [1.165, 1.54) is 21.0 Å². The van der Waals surface area contributed by atoms with Crippen molar-refractivity contribution in [1.29, 1.82) is 0 Å². The van der Waals surface area contributed by atoms with Gasteiger partial charge in [-0.1, -0.05) is 25.4 Å². The van der Waals surface area contributed by atoms with Gasteiger partial charge in [0, 0.05) is 31.0 Å². The number of rotatable bonds is 7. The Bertz CT molecular complexity index is 1140. The Balaban J connectivity index is 1.76. The van der Waals surface area contributed by atoms with Crippen LogP contribution >= 0.6 is 11.6 Å². The number of benzene rings is 1. The van der Waals surface area contributed by atoms with Crippen LogP contribution in [0.25, 0.3) is 5.65 Å². The highest BCUT2D eigenvalue weighted by atomic mass is 35.5. The topological polar surface area (TPSA) is 83.8 Å². The SMILES string of the molecule is CCN(CC)S(=O)(=O)c1ccc(NCc2cc(=O)n3cc(Cl)ccc3n2)cc1. The van der Waals surface area contributed by atoms with Crippen molar-refractivity contribution < 1.29 is 8.42 Å². The number of sulfonamides is 1. The van der Waals surface area contributed by atoms with Crippen LogP contribution in [0.5, 0.6) is 0 Å². The second-order valence-electron chi connectivity index (χ2n) is 6.13. The van der Waals surface area contributed by atoms with Gasteiger partial charge in [0.2, 0.25) is 10.0 Å². The van der Waals surface area contributed by atoms with Crippen molar-refractivity contribution >= 4 is 33.0 Å². The van der Waals surface area contributed by atoms with E-state index in [1.54, 1.807) is 36.4 Å². The fourth-order valence-electron chi connectivity index (χ4n) is 2.87. The van der Waals surface area contributed by atoms with Gasteiger partial charge in [-0.2, -0.15) is 4.31 Å². The van der Waals surface area contributed by atoms with Gasteiger partial charge < -0.3 is 5.32 Å². The Labute approximate surface area is 168 Å². The van der Waals surface area contributed by atoms with Gasteiger partial charge in [0.1, 0.15) is 5.65 Å². The number of nitrogens with zero attached hydrogens (tertiary/aromatic N) is 3. The molecule has 0 spiro atoms. The molecule has 3 rings (SSSR count). The molecule has 3 aromatic rings. The molecule has 0 radical (unpaired) electrons. The fourth-order valence-corrected chi connectivity index (χ4v) is 4.49. The standard InChI is InChI=1S/C19H21ClN4O3S/c1-3-23(4-2)28(26,27)17-8-6-15(7-9-17)21-12-16-11-19(25)24-13-14(20)5-10-18(24)22-16/h5-11,13,21H,3-4,12H2,1-2H3. The first-order valence-electron chi connectivity index (χ1n) is 8.87. The Hall–Kier alpha value is -2.42. The number of nitrogens with one attached hydrogen (secondary N) is 1. The summed E-state index contributed by atoms with van der Waals surface area (Å²) < 4.78 is 27.8. The summed E-state index contributed by atoms with van der Waals surface area (Å²) in [5.41, 5.74) is 1.60. The molecule has 1 aromatic carbocycles. The number of anilines is 1. The lowest BCUT2D eigenvalue weighted by molar-refractivity contribution is 0.445. The molecule has 148 valence electrons. The van der Waals surface area contributed by atoms with Crippen LogP contribution in [0, 0.1) is 0 Å². The third-order valence-electron chi connectivity index (χ3n) is 4.35. The van der Waals surface area contributed by atoms with Gasteiger partial charge >= 0.3 is 0 Å². The van der Waals surface area contributed by atoms with Crippen molar-refractivity contribution in [2.24, 2.45) is 0 Å². The van der Waals surface area contributed by atoms with E-state index in [0.29, 0.717) is 36.0 Å². The zero-order chi connectivity index (χ0) is 20.3. The second kappa shape index (κ2) is 8.30. The molecule has 0 aliphatic rings. The number of aromatic nitrogens is 2. The largest absolute Gasteiger partial charge is 0.379 e. The summed E-state index contributed by atoms with van der Waals surface area (Å²) in [6.07, 6.45) is 1.53. The van der Waals surface area contributed by atoms with Crippen molar-refractivity contribution in [2.75, 3.05) is 18.4 Å². The quantitative estimate of drug-likeness (QED) is 0.635. The maximum Gasteiger partial charge on any atom is 0.258 e. The summed E-state index contributed by atoms with van der Waals surface area (Å²) in [7, 11) is -3.48. The van der Waals surface area contributed by atoms with Crippen LogP contribution in [0.15, 0.2) is 58.4 Å². The van der Waals surface area contributed by atoms with Crippen LogP contribution in [-0.2, 0) is 16.6 Å². The Kier molecular flexibility index (Phi) is 6.02. The monoisotopic (exact) mass is 420 g/mol. The molecule has 0 unspecified atom stereocenters. The summed E-state index contributed by atoms with van der Waals surface area (Å²) in [6, 6.07) is 11.3. The minimum Gasteiger partial charge on any atom is -0.379 e. The summed E-state index contributed by atoms with van der Waals surface area (Å²) in [6.45, 7) is 4.80. The molecule has 0 aliphatic heterocycles. The number of halogens is 1. The van der Waals surface area contributed by atoms with Crippen LogP contribution in [0.4, 0.5) is 5.69 Å². The molecule has 2 aromatic heterocycles.